The third kappa shape index (κ3) is 2.55. The zero-order chi connectivity index (χ0) is 10.4. The minimum absolute atomic E-state index is 0.182. The molecule has 3 heteroatoms. The van der Waals surface area contributed by atoms with E-state index < -0.39 is 0 Å². The van der Waals surface area contributed by atoms with E-state index in [0.717, 1.165) is 19.3 Å². The summed E-state index contributed by atoms with van der Waals surface area (Å²) in [5, 5.41) is 0. The van der Waals surface area contributed by atoms with Crippen molar-refractivity contribution < 1.29 is 4.79 Å². The maximum absolute atomic E-state index is 11.5. The molecule has 0 aliphatic carbocycles. The van der Waals surface area contributed by atoms with Crippen molar-refractivity contribution in [3.8, 4) is 0 Å². The molecule has 0 aromatic carbocycles. The lowest BCUT2D eigenvalue weighted by molar-refractivity contribution is 0.112. The van der Waals surface area contributed by atoms with Crippen molar-refractivity contribution >= 4 is 6.29 Å². The van der Waals surface area contributed by atoms with Crippen LogP contribution in [0.15, 0.2) is 23.1 Å². The van der Waals surface area contributed by atoms with Gasteiger partial charge in [-0.2, -0.15) is 0 Å². The Labute approximate surface area is 83.4 Å². The van der Waals surface area contributed by atoms with Crippen LogP contribution in [0.25, 0.3) is 0 Å². The number of unbranched alkanes of at least 4 members (excludes halogenated alkanes) is 2. The summed E-state index contributed by atoms with van der Waals surface area (Å²) in [6.45, 7) is 2.82. The minimum Gasteiger partial charge on any atom is -0.315 e. The first kappa shape index (κ1) is 10.7. The maximum atomic E-state index is 11.5. The Bertz CT molecular complexity index is 355. The fourth-order valence-electron chi connectivity index (χ4n) is 1.35. The van der Waals surface area contributed by atoms with E-state index in [9.17, 15) is 9.59 Å². The van der Waals surface area contributed by atoms with Gasteiger partial charge in [0.1, 0.15) is 0 Å². The molecule has 0 fully saturated rings. The Morgan fingerprint density at radius 3 is 2.86 bits per heavy atom. The molecule has 1 aromatic heterocycles. The number of hydrogen-bond acceptors (Lipinski definition) is 2. The second kappa shape index (κ2) is 5.37. The van der Waals surface area contributed by atoms with E-state index in [2.05, 4.69) is 6.92 Å². The lowest BCUT2D eigenvalue weighted by atomic mass is 10.2. The lowest BCUT2D eigenvalue weighted by Crippen LogP contribution is -2.22. The van der Waals surface area contributed by atoms with Crippen LogP contribution < -0.4 is 5.56 Å². The van der Waals surface area contributed by atoms with E-state index in [1.54, 1.807) is 22.9 Å². The van der Waals surface area contributed by atoms with E-state index in [1.165, 1.54) is 0 Å². The van der Waals surface area contributed by atoms with Gasteiger partial charge in [-0.3, -0.25) is 9.59 Å². The quantitative estimate of drug-likeness (QED) is 0.528. The first-order valence-electron chi connectivity index (χ1n) is 4.94. The van der Waals surface area contributed by atoms with Crippen molar-refractivity contribution in [1.82, 2.24) is 4.57 Å². The van der Waals surface area contributed by atoms with Gasteiger partial charge in [0.2, 0.25) is 0 Å². The van der Waals surface area contributed by atoms with Gasteiger partial charge in [-0.15, -0.1) is 0 Å². The van der Waals surface area contributed by atoms with E-state index in [4.69, 9.17) is 0 Å². The van der Waals surface area contributed by atoms with Crippen molar-refractivity contribution in [2.45, 2.75) is 32.7 Å². The first-order valence-corrected chi connectivity index (χ1v) is 4.94. The zero-order valence-electron chi connectivity index (χ0n) is 8.40. The van der Waals surface area contributed by atoms with Crippen molar-refractivity contribution in [2.75, 3.05) is 0 Å². The van der Waals surface area contributed by atoms with Crippen molar-refractivity contribution in [1.29, 1.82) is 0 Å². The Morgan fingerprint density at radius 2 is 2.21 bits per heavy atom. The summed E-state index contributed by atoms with van der Waals surface area (Å²) in [5.74, 6) is 0. The van der Waals surface area contributed by atoms with Gasteiger partial charge in [0.05, 0.1) is 5.56 Å². The van der Waals surface area contributed by atoms with Crippen LogP contribution in [0.2, 0.25) is 0 Å². The number of carbonyl (C=O) groups excluding carboxylic acids is 1. The predicted octanol–water partition coefficient (Wildman–Crippen LogP) is 1.85. The summed E-state index contributed by atoms with van der Waals surface area (Å²) in [7, 11) is 0. The molecular formula is C11H15NO2. The van der Waals surface area contributed by atoms with Gasteiger partial charge in [-0.25, -0.2) is 0 Å². The van der Waals surface area contributed by atoms with Crippen LogP contribution in [0.5, 0.6) is 0 Å². The highest BCUT2D eigenvalue weighted by atomic mass is 16.1. The third-order valence-corrected chi connectivity index (χ3v) is 2.18. The molecule has 0 N–H and O–H groups in total. The Hall–Kier alpha value is -1.38. The highest BCUT2D eigenvalue weighted by Gasteiger charge is 2.00. The fraction of sp³-hybridized carbons (Fsp3) is 0.455. The number of rotatable bonds is 5. The fourth-order valence-corrected chi connectivity index (χ4v) is 1.35. The second-order valence-electron chi connectivity index (χ2n) is 3.29. The molecule has 0 unspecified atom stereocenters. The van der Waals surface area contributed by atoms with Crippen molar-refractivity contribution in [3.05, 3.63) is 34.2 Å². The molecule has 0 aliphatic heterocycles. The average Bonchev–Trinajstić information content (AvgIpc) is 2.21. The van der Waals surface area contributed by atoms with Gasteiger partial charge in [-0.1, -0.05) is 19.8 Å². The first-order chi connectivity index (χ1) is 6.79. The van der Waals surface area contributed by atoms with Gasteiger partial charge in [-0.05, 0) is 18.6 Å². The van der Waals surface area contributed by atoms with Crippen LogP contribution in [-0.2, 0) is 6.54 Å². The highest BCUT2D eigenvalue weighted by Crippen LogP contribution is 1.97. The van der Waals surface area contributed by atoms with E-state index in [-0.39, 0.29) is 11.1 Å². The van der Waals surface area contributed by atoms with Crippen LogP contribution in [0, 0.1) is 0 Å². The van der Waals surface area contributed by atoms with E-state index >= 15 is 0 Å². The van der Waals surface area contributed by atoms with Crippen molar-refractivity contribution in [3.63, 3.8) is 0 Å². The van der Waals surface area contributed by atoms with E-state index in [1.807, 2.05) is 0 Å². The Balaban J connectivity index is 2.77. The number of aldehydes is 1. The number of hydrogen-bond donors (Lipinski definition) is 0. The maximum Gasteiger partial charge on any atom is 0.261 e. The zero-order valence-corrected chi connectivity index (χ0v) is 8.40. The molecule has 1 heterocycles. The van der Waals surface area contributed by atoms with Crippen molar-refractivity contribution in [2.24, 2.45) is 0 Å². The van der Waals surface area contributed by atoms with Crippen LogP contribution in [0.3, 0.4) is 0 Å². The van der Waals surface area contributed by atoms with E-state index in [0.29, 0.717) is 12.8 Å². The molecule has 0 bridgehead atoms. The molecule has 0 saturated carbocycles. The summed E-state index contributed by atoms with van der Waals surface area (Å²) in [6.07, 6.45) is 5.56. The summed E-state index contributed by atoms with van der Waals surface area (Å²) < 4.78 is 1.60. The Morgan fingerprint density at radius 1 is 1.43 bits per heavy atom. The summed E-state index contributed by atoms with van der Waals surface area (Å²) >= 11 is 0. The molecule has 0 saturated heterocycles. The summed E-state index contributed by atoms with van der Waals surface area (Å²) in [5.41, 5.74) is 0.0580. The molecule has 0 spiro atoms. The lowest BCUT2D eigenvalue weighted by Gasteiger charge is -2.04. The van der Waals surface area contributed by atoms with Crippen LogP contribution in [0.4, 0.5) is 0 Å². The average molecular weight is 193 g/mol. The number of nitrogens with zero attached hydrogens (tertiary/aromatic N) is 1. The summed E-state index contributed by atoms with van der Waals surface area (Å²) in [4.78, 5) is 22.0. The normalized spacial score (nSPS) is 10.1. The predicted molar refractivity (Wildman–Crippen MR) is 55.6 cm³/mol. The van der Waals surface area contributed by atoms with Gasteiger partial charge in [0, 0.05) is 12.7 Å². The SMILES string of the molecule is CCCCCn1cccc(C=O)c1=O. The molecule has 0 radical (unpaired) electrons. The summed E-state index contributed by atoms with van der Waals surface area (Å²) in [6, 6.07) is 3.28. The van der Waals surface area contributed by atoms with Gasteiger partial charge < -0.3 is 4.57 Å². The Kier molecular flexibility index (Phi) is 4.11. The molecule has 0 atom stereocenters. The monoisotopic (exact) mass is 193 g/mol. The molecule has 3 nitrogen and oxygen atoms in total. The van der Waals surface area contributed by atoms with Crippen LogP contribution in [0.1, 0.15) is 36.5 Å². The molecule has 0 aliphatic rings. The molecule has 0 amide bonds. The molecule has 1 aromatic rings. The van der Waals surface area contributed by atoms with Crippen LogP contribution >= 0.6 is 0 Å². The molecule has 76 valence electrons. The van der Waals surface area contributed by atoms with Gasteiger partial charge in [0.25, 0.3) is 5.56 Å². The molecule has 1 rings (SSSR count). The number of pyridine rings is 1. The largest absolute Gasteiger partial charge is 0.315 e. The van der Waals surface area contributed by atoms with Gasteiger partial charge in [0.15, 0.2) is 6.29 Å². The smallest absolute Gasteiger partial charge is 0.261 e. The number of aryl methyl sites for hydroxylation is 1. The third-order valence-electron chi connectivity index (χ3n) is 2.18. The van der Waals surface area contributed by atoms with Gasteiger partial charge >= 0.3 is 0 Å². The number of aromatic nitrogens is 1. The standard InChI is InChI=1S/C11H15NO2/c1-2-3-4-7-12-8-5-6-10(9-13)11(12)14/h5-6,8-9H,2-4,7H2,1H3. The molecule has 14 heavy (non-hydrogen) atoms. The van der Waals surface area contributed by atoms with Crippen LogP contribution in [-0.4, -0.2) is 10.9 Å². The number of carbonyl (C=O) groups is 1. The molecular weight excluding hydrogens is 178 g/mol. The highest BCUT2D eigenvalue weighted by molar-refractivity contribution is 5.73. The topological polar surface area (TPSA) is 39.1 Å². The second-order valence-corrected chi connectivity index (χ2v) is 3.29. The minimum atomic E-state index is -0.182.